The maximum atomic E-state index is 11.5. The summed E-state index contributed by atoms with van der Waals surface area (Å²) in [6.07, 6.45) is 0. The third-order valence-corrected chi connectivity index (χ3v) is 1.61. The second-order valence-corrected chi connectivity index (χ2v) is 2.71. The Hall–Kier alpha value is -2.26. The molecule has 0 aliphatic heterocycles. The molecule has 1 heterocycles. The summed E-state index contributed by atoms with van der Waals surface area (Å²) in [6.45, 7) is 0. The molecule has 0 bridgehead atoms. The highest BCUT2D eigenvalue weighted by Crippen LogP contribution is 2.01. The van der Waals surface area contributed by atoms with Crippen LogP contribution in [0.1, 0.15) is 10.4 Å². The number of aromatic amines is 1. The van der Waals surface area contributed by atoms with Gasteiger partial charge in [0, 0.05) is 5.56 Å². The summed E-state index contributed by atoms with van der Waals surface area (Å²) in [4.78, 5) is 11.5. The fraction of sp³-hybridized carbons (Fsp3) is 0. The fourth-order valence-electron chi connectivity index (χ4n) is 0.981. The SMILES string of the molecule is O=C(Nc1nnn[nH]1)c1ccccc1.OBO. The van der Waals surface area contributed by atoms with Gasteiger partial charge in [0.05, 0.1) is 0 Å². The van der Waals surface area contributed by atoms with Crippen LogP contribution in [0.4, 0.5) is 5.95 Å². The van der Waals surface area contributed by atoms with Crippen molar-refractivity contribution in [1.29, 1.82) is 0 Å². The number of nitrogens with one attached hydrogen (secondary N) is 2. The number of tetrazole rings is 1. The van der Waals surface area contributed by atoms with Gasteiger partial charge in [-0.2, -0.15) is 0 Å². The Morgan fingerprint density at radius 2 is 1.94 bits per heavy atom. The van der Waals surface area contributed by atoms with E-state index >= 15 is 0 Å². The van der Waals surface area contributed by atoms with Crippen LogP contribution in [-0.4, -0.2) is 44.3 Å². The average molecular weight is 235 g/mol. The van der Waals surface area contributed by atoms with Gasteiger partial charge in [0.2, 0.25) is 5.95 Å². The Kier molecular flexibility index (Phi) is 5.34. The van der Waals surface area contributed by atoms with Crippen molar-refractivity contribution >= 4 is 19.5 Å². The number of benzene rings is 1. The summed E-state index contributed by atoms with van der Waals surface area (Å²) >= 11 is 0. The van der Waals surface area contributed by atoms with Gasteiger partial charge in [0.15, 0.2) is 0 Å². The standard InChI is InChI=1S/C8H7N5O.BH3O2/c14-7(6-4-2-1-3-5-6)9-8-10-12-13-11-8;2-1-3/h1-5H,(H2,9,10,11,12,13,14);1-3H. The van der Waals surface area contributed by atoms with E-state index in [0.29, 0.717) is 5.56 Å². The Labute approximate surface area is 97.0 Å². The number of nitrogens with zero attached hydrogens (tertiary/aromatic N) is 3. The molecule has 88 valence electrons. The summed E-state index contributed by atoms with van der Waals surface area (Å²) in [5, 5.41) is 29.4. The Morgan fingerprint density at radius 1 is 1.29 bits per heavy atom. The lowest BCUT2D eigenvalue weighted by Crippen LogP contribution is -2.12. The van der Waals surface area contributed by atoms with Crippen molar-refractivity contribution < 1.29 is 14.8 Å². The number of hydrogen-bond donors (Lipinski definition) is 4. The minimum Gasteiger partial charge on any atom is -0.430 e. The first-order valence-electron chi connectivity index (χ1n) is 4.59. The van der Waals surface area contributed by atoms with E-state index in [9.17, 15) is 4.79 Å². The van der Waals surface area contributed by atoms with Gasteiger partial charge in [0.1, 0.15) is 0 Å². The van der Waals surface area contributed by atoms with Crippen LogP contribution in [0.25, 0.3) is 0 Å². The first-order valence-corrected chi connectivity index (χ1v) is 4.59. The molecule has 0 radical (unpaired) electrons. The number of H-pyrrole nitrogens is 1. The van der Waals surface area contributed by atoms with E-state index in [0.717, 1.165) is 0 Å². The monoisotopic (exact) mass is 235 g/mol. The van der Waals surface area contributed by atoms with Crippen molar-refractivity contribution in [2.24, 2.45) is 0 Å². The van der Waals surface area contributed by atoms with Gasteiger partial charge < -0.3 is 10.0 Å². The van der Waals surface area contributed by atoms with E-state index in [1.165, 1.54) is 0 Å². The molecule has 0 atom stereocenters. The average Bonchev–Trinajstić information content (AvgIpc) is 2.84. The van der Waals surface area contributed by atoms with E-state index in [1.807, 2.05) is 6.07 Å². The molecule has 1 amide bonds. The molecule has 0 saturated heterocycles. The van der Waals surface area contributed by atoms with Crippen molar-refractivity contribution in [3.8, 4) is 0 Å². The summed E-state index contributed by atoms with van der Waals surface area (Å²) in [6, 6.07) is 8.83. The van der Waals surface area contributed by atoms with Crippen LogP contribution in [0, 0.1) is 0 Å². The zero-order valence-electron chi connectivity index (χ0n) is 8.74. The Bertz CT molecular complexity index is 436. The zero-order chi connectivity index (χ0) is 12.5. The normalized spacial score (nSPS) is 8.82. The summed E-state index contributed by atoms with van der Waals surface area (Å²) < 4.78 is 0. The highest BCUT2D eigenvalue weighted by molar-refractivity contribution is 6.13. The van der Waals surface area contributed by atoms with Crippen molar-refractivity contribution in [3.05, 3.63) is 35.9 Å². The highest BCUT2D eigenvalue weighted by Gasteiger charge is 2.06. The van der Waals surface area contributed by atoms with Gasteiger partial charge >= 0.3 is 7.69 Å². The van der Waals surface area contributed by atoms with Gasteiger partial charge in [-0.15, -0.1) is 0 Å². The minimum absolute atomic E-state index is 0.235. The lowest BCUT2D eigenvalue weighted by molar-refractivity contribution is 0.102. The Balaban J connectivity index is 0.000000437. The van der Waals surface area contributed by atoms with Crippen LogP contribution >= 0.6 is 0 Å². The van der Waals surface area contributed by atoms with E-state index in [2.05, 4.69) is 25.9 Å². The molecule has 1 aromatic carbocycles. The van der Waals surface area contributed by atoms with E-state index < -0.39 is 7.69 Å². The van der Waals surface area contributed by atoms with Gasteiger partial charge in [-0.05, 0) is 22.6 Å². The molecule has 0 spiro atoms. The van der Waals surface area contributed by atoms with Crippen molar-refractivity contribution in [1.82, 2.24) is 20.6 Å². The molecule has 0 saturated carbocycles. The Morgan fingerprint density at radius 3 is 2.47 bits per heavy atom. The van der Waals surface area contributed by atoms with Gasteiger partial charge in [-0.3, -0.25) is 10.1 Å². The molecule has 1 aromatic heterocycles. The van der Waals surface area contributed by atoms with Crippen molar-refractivity contribution in [2.45, 2.75) is 0 Å². The number of carbonyl (C=O) groups excluding carboxylic acids is 1. The van der Waals surface area contributed by atoms with Gasteiger partial charge in [0.25, 0.3) is 5.91 Å². The minimum atomic E-state index is -0.750. The molecule has 17 heavy (non-hydrogen) atoms. The molecule has 2 aromatic rings. The quantitative estimate of drug-likeness (QED) is 0.479. The number of anilines is 1. The lowest BCUT2D eigenvalue weighted by atomic mass is 10.2. The number of carbonyl (C=O) groups is 1. The summed E-state index contributed by atoms with van der Waals surface area (Å²) in [7, 11) is -0.750. The van der Waals surface area contributed by atoms with Crippen LogP contribution in [0.5, 0.6) is 0 Å². The van der Waals surface area contributed by atoms with Crippen molar-refractivity contribution in [2.75, 3.05) is 5.32 Å². The van der Waals surface area contributed by atoms with Crippen LogP contribution < -0.4 is 5.32 Å². The van der Waals surface area contributed by atoms with Crippen LogP contribution in [0.15, 0.2) is 30.3 Å². The highest BCUT2D eigenvalue weighted by atomic mass is 16.4. The van der Waals surface area contributed by atoms with Crippen molar-refractivity contribution in [3.63, 3.8) is 0 Å². The zero-order valence-corrected chi connectivity index (χ0v) is 8.74. The molecular weight excluding hydrogens is 225 g/mol. The number of aromatic nitrogens is 4. The largest absolute Gasteiger partial charge is 0.432 e. The molecule has 0 unspecified atom stereocenters. The molecule has 2 rings (SSSR count). The van der Waals surface area contributed by atoms with Crippen LogP contribution in [-0.2, 0) is 0 Å². The third kappa shape index (κ3) is 4.41. The topological polar surface area (TPSA) is 124 Å². The first kappa shape index (κ1) is 12.8. The third-order valence-electron chi connectivity index (χ3n) is 1.61. The molecule has 4 N–H and O–H groups in total. The maximum absolute atomic E-state index is 11.5. The number of hydrogen-bond acceptors (Lipinski definition) is 6. The molecule has 9 heteroatoms. The van der Waals surface area contributed by atoms with Crippen LogP contribution in [0.2, 0.25) is 0 Å². The smallest absolute Gasteiger partial charge is 0.430 e. The predicted octanol–water partition coefficient (Wildman–Crippen LogP) is -1.31. The summed E-state index contributed by atoms with van der Waals surface area (Å²) in [5.74, 6) is -0.0111. The second kappa shape index (κ2) is 7.09. The summed E-state index contributed by atoms with van der Waals surface area (Å²) in [5.41, 5.74) is 0.559. The van der Waals surface area contributed by atoms with Gasteiger partial charge in [-0.25, -0.2) is 5.10 Å². The van der Waals surface area contributed by atoms with E-state index in [-0.39, 0.29) is 11.9 Å². The molecular formula is C8H10BN5O3. The first-order chi connectivity index (χ1) is 8.27. The number of amides is 1. The molecule has 8 nitrogen and oxygen atoms in total. The van der Waals surface area contributed by atoms with Gasteiger partial charge in [-0.1, -0.05) is 23.3 Å². The van der Waals surface area contributed by atoms with E-state index in [4.69, 9.17) is 10.0 Å². The van der Waals surface area contributed by atoms with E-state index in [1.54, 1.807) is 24.3 Å². The number of rotatable bonds is 2. The van der Waals surface area contributed by atoms with Crippen LogP contribution in [0.3, 0.4) is 0 Å². The molecule has 0 aliphatic rings. The predicted molar refractivity (Wildman–Crippen MR) is 60.2 cm³/mol. The molecule has 0 fully saturated rings. The molecule has 0 aliphatic carbocycles. The fourth-order valence-corrected chi connectivity index (χ4v) is 0.981. The lowest BCUT2D eigenvalue weighted by Gasteiger charge is -1.99. The second-order valence-electron chi connectivity index (χ2n) is 2.71. The maximum Gasteiger partial charge on any atom is 0.432 e.